The van der Waals surface area contributed by atoms with Gasteiger partial charge in [0.05, 0.1) is 34.7 Å². The summed E-state index contributed by atoms with van der Waals surface area (Å²) in [7, 11) is 0. The van der Waals surface area contributed by atoms with Crippen LogP contribution in [0.1, 0.15) is 36.3 Å². The van der Waals surface area contributed by atoms with Crippen molar-refractivity contribution in [3.63, 3.8) is 0 Å². The summed E-state index contributed by atoms with van der Waals surface area (Å²) in [6.07, 6.45) is 2.39. The molecule has 102 valence electrons. The van der Waals surface area contributed by atoms with Gasteiger partial charge in [0, 0.05) is 5.39 Å². The highest BCUT2D eigenvalue weighted by Gasteiger charge is 2.29. The molecule has 0 radical (unpaired) electrons. The largest absolute Gasteiger partial charge is 0.396 e. The van der Waals surface area contributed by atoms with Gasteiger partial charge in [-0.2, -0.15) is 5.26 Å². The molecule has 1 saturated carbocycles. The molecule has 20 heavy (non-hydrogen) atoms. The molecular weight excluding hydrogens is 255 g/mol. The standard InChI is InChI=1S/C15H15FN4/c16-10-3-1-8(5-10)13-9(6-17)2-4-12-14(13)15(19)11(18)7-20-12/h2,4,7-8,10H,1,3,5,18H2,(H2,19,20)/t8?,10-/m1/s1. The van der Waals surface area contributed by atoms with E-state index in [4.69, 9.17) is 11.5 Å². The van der Waals surface area contributed by atoms with Crippen molar-refractivity contribution in [1.29, 1.82) is 5.26 Å². The lowest BCUT2D eigenvalue weighted by Crippen LogP contribution is -2.05. The molecule has 5 heteroatoms. The van der Waals surface area contributed by atoms with Crippen molar-refractivity contribution in [3.8, 4) is 6.07 Å². The molecule has 1 aromatic heterocycles. The van der Waals surface area contributed by atoms with E-state index >= 15 is 0 Å². The van der Waals surface area contributed by atoms with Crippen LogP contribution in [0.4, 0.5) is 15.8 Å². The normalized spacial score (nSPS) is 22.0. The van der Waals surface area contributed by atoms with E-state index in [1.165, 1.54) is 6.20 Å². The van der Waals surface area contributed by atoms with Gasteiger partial charge in [-0.25, -0.2) is 4.39 Å². The average molecular weight is 270 g/mol. The highest BCUT2D eigenvalue weighted by atomic mass is 19.1. The molecule has 3 rings (SSSR count). The van der Waals surface area contributed by atoms with Crippen LogP contribution >= 0.6 is 0 Å². The van der Waals surface area contributed by atoms with Gasteiger partial charge in [-0.15, -0.1) is 0 Å². The number of nitriles is 1. The van der Waals surface area contributed by atoms with Gasteiger partial charge in [-0.1, -0.05) is 0 Å². The molecule has 1 aliphatic rings. The maximum absolute atomic E-state index is 13.5. The Bertz CT molecular complexity index is 720. The fourth-order valence-electron chi connectivity index (χ4n) is 3.06. The summed E-state index contributed by atoms with van der Waals surface area (Å²) in [6, 6.07) is 5.67. The summed E-state index contributed by atoms with van der Waals surface area (Å²) >= 11 is 0. The van der Waals surface area contributed by atoms with Crippen molar-refractivity contribution in [1.82, 2.24) is 4.98 Å². The second-order valence-corrected chi connectivity index (χ2v) is 5.27. The van der Waals surface area contributed by atoms with Crippen molar-refractivity contribution < 1.29 is 4.39 Å². The number of pyridine rings is 1. The lowest BCUT2D eigenvalue weighted by molar-refractivity contribution is 0.339. The number of nitrogen functional groups attached to an aromatic ring is 2. The number of rotatable bonds is 1. The van der Waals surface area contributed by atoms with E-state index in [1.54, 1.807) is 12.1 Å². The number of nitrogens with two attached hydrogens (primary N) is 2. The van der Waals surface area contributed by atoms with Crippen LogP contribution in [0.5, 0.6) is 0 Å². The molecule has 0 spiro atoms. The molecule has 0 amide bonds. The number of alkyl halides is 1. The second-order valence-electron chi connectivity index (χ2n) is 5.27. The van der Waals surface area contributed by atoms with Gasteiger partial charge in [0.2, 0.25) is 0 Å². The third-order valence-electron chi connectivity index (χ3n) is 4.04. The van der Waals surface area contributed by atoms with Crippen LogP contribution in [0.25, 0.3) is 10.9 Å². The quantitative estimate of drug-likeness (QED) is 0.833. The van der Waals surface area contributed by atoms with Crippen LogP contribution in [0.2, 0.25) is 0 Å². The van der Waals surface area contributed by atoms with E-state index in [0.717, 1.165) is 12.0 Å². The third-order valence-corrected chi connectivity index (χ3v) is 4.04. The topological polar surface area (TPSA) is 88.7 Å². The van der Waals surface area contributed by atoms with Crippen molar-refractivity contribution in [2.24, 2.45) is 0 Å². The number of hydrogen-bond donors (Lipinski definition) is 2. The van der Waals surface area contributed by atoms with Gasteiger partial charge in [0.25, 0.3) is 0 Å². The first-order chi connectivity index (χ1) is 9.61. The minimum atomic E-state index is -0.808. The highest BCUT2D eigenvalue weighted by molar-refractivity contribution is 5.99. The van der Waals surface area contributed by atoms with Gasteiger partial charge < -0.3 is 11.5 Å². The Hall–Kier alpha value is -2.35. The van der Waals surface area contributed by atoms with Gasteiger partial charge in [-0.05, 0) is 42.9 Å². The lowest BCUT2D eigenvalue weighted by Gasteiger charge is -2.17. The Morgan fingerprint density at radius 2 is 2.10 bits per heavy atom. The van der Waals surface area contributed by atoms with Crippen LogP contribution in [0.3, 0.4) is 0 Å². The van der Waals surface area contributed by atoms with Crippen molar-refractivity contribution in [2.75, 3.05) is 11.5 Å². The molecule has 0 saturated heterocycles. The maximum Gasteiger partial charge on any atom is 0.101 e. The number of fused-ring (bicyclic) bond motifs is 1. The first-order valence-corrected chi connectivity index (χ1v) is 6.62. The van der Waals surface area contributed by atoms with E-state index in [1.807, 2.05) is 0 Å². The Kier molecular flexibility index (Phi) is 2.94. The Morgan fingerprint density at radius 1 is 1.30 bits per heavy atom. The molecule has 4 nitrogen and oxygen atoms in total. The van der Waals surface area contributed by atoms with Crippen molar-refractivity contribution in [3.05, 3.63) is 29.5 Å². The van der Waals surface area contributed by atoms with E-state index in [9.17, 15) is 9.65 Å². The highest BCUT2D eigenvalue weighted by Crippen LogP contribution is 2.42. The summed E-state index contributed by atoms with van der Waals surface area (Å²) in [6.45, 7) is 0. The number of hydrogen-bond acceptors (Lipinski definition) is 4. The summed E-state index contributed by atoms with van der Waals surface area (Å²) in [5.41, 5.74) is 14.8. The molecule has 4 N–H and O–H groups in total. The molecule has 0 aliphatic heterocycles. The Balaban J connectivity index is 2.31. The Morgan fingerprint density at radius 3 is 2.75 bits per heavy atom. The van der Waals surface area contributed by atoms with E-state index in [-0.39, 0.29) is 5.92 Å². The summed E-state index contributed by atoms with van der Waals surface area (Å²) < 4.78 is 13.5. The second kappa shape index (κ2) is 4.64. The van der Waals surface area contributed by atoms with Gasteiger partial charge in [0.1, 0.15) is 6.17 Å². The zero-order chi connectivity index (χ0) is 14.3. The summed E-state index contributed by atoms with van der Waals surface area (Å²) in [4.78, 5) is 4.26. The van der Waals surface area contributed by atoms with E-state index < -0.39 is 6.17 Å². The monoisotopic (exact) mass is 270 g/mol. The van der Waals surface area contributed by atoms with Gasteiger partial charge in [-0.3, -0.25) is 4.98 Å². The molecule has 1 heterocycles. The molecule has 1 aliphatic carbocycles. The first-order valence-electron chi connectivity index (χ1n) is 6.62. The number of aromatic nitrogens is 1. The van der Waals surface area contributed by atoms with Crippen molar-refractivity contribution >= 4 is 22.3 Å². The van der Waals surface area contributed by atoms with Gasteiger partial charge >= 0.3 is 0 Å². The smallest absolute Gasteiger partial charge is 0.101 e. The van der Waals surface area contributed by atoms with Crippen LogP contribution < -0.4 is 11.5 Å². The van der Waals surface area contributed by atoms with E-state index in [0.29, 0.717) is 40.7 Å². The Labute approximate surface area is 116 Å². The molecule has 1 aromatic carbocycles. The van der Waals surface area contributed by atoms with Crippen molar-refractivity contribution in [2.45, 2.75) is 31.4 Å². The fourth-order valence-corrected chi connectivity index (χ4v) is 3.06. The predicted molar refractivity (Wildman–Crippen MR) is 76.8 cm³/mol. The zero-order valence-corrected chi connectivity index (χ0v) is 10.9. The first kappa shape index (κ1) is 12.7. The number of nitrogens with zero attached hydrogens (tertiary/aromatic N) is 2. The SMILES string of the molecule is N#Cc1ccc2ncc(N)c(N)c2c1C1CC[C@@H](F)C1. The predicted octanol–water partition coefficient (Wildman–Crippen LogP) is 2.88. The molecule has 2 aromatic rings. The van der Waals surface area contributed by atoms with E-state index in [2.05, 4.69) is 11.1 Å². The number of benzene rings is 1. The molecular formula is C15H15FN4. The third kappa shape index (κ3) is 1.85. The molecule has 2 atom stereocenters. The molecule has 0 bridgehead atoms. The zero-order valence-electron chi connectivity index (χ0n) is 10.9. The van der Waals surface area contributed by atoms with Crippen LogP contribution in [0.15, 0.2) is 18.3 Å². The minimum absolute atomic E-state index is 0.00856. The molecule has 1 fully saturated rings. The minimum Gasteiger partial charge on any atom is -0.396 e. The lowest BCUT2D eigenvalue weighted by atomic mass is 9.89. The molecule has 1 unspecified atom stereocenters. The summed E-state index contributed by atoms with van der Waals surface area (Å²) in [5.74, 6) is 0.00856. The van der Waals surface area contributed by atoms with Crippen LogP contribution in [0, 0.1) is 11.3 Å². The summed E-state index contributed by atoms with van der Waals surface area (Å²) in [5, 5.41) is 10.0. The maximum atomic E-state index is 13.5. The number of anilines is 2. The average Bonchev–Trinajstić information content (AvgIpc) is 2.88. The number of halogens is 1. The van der Waals surface area contributed by atoms with Gasteiger partial charge in [0.15, 0.2) is 0 Å². The fraction of sp³-hybridized carbons (Fsp3) is 0.333. The van der Waals surface area contributed by atoms with Crippen LogP contribution in [-0.2, 0) is 0 Å². The van der Waals surface area contributed by atoms with Crippen LogP contribution in [-0.4, -0.2) is 11.2 Å².